The van der Waals surface area contributed by atoms with Crippen LogP contribution in [0.2, 0.25) is 0 Å². The first-order valence-electron chi connectivity index (χ1n) is 2.54. The average Bonchev–Trinajstić information content (AvgIpc) is 2.22. The van der Waals surface area contributed by atoms with Crippen LogP contribution in [0.1, 0.15) is 0 Å². The van der Waals surface area contributed by atoms with Crippen molar-refractivity contribution in [2.75, 3.05) is 5.73 Å². The molecule has 0 aliphatic rings. The fourth-order valence-electron chi connectivity index (χ4n) is 0.746. The third kappa shape index (κ3) is 0.598. The molecule has 0 aliphatic carbocycles. The Balaban J connectivity index is 2.92. The van der Waals surface area contributed by atoms with Crippen molar-refractivity contribution in [2.24, 2.45) is 0 Å². The molecule has 9 heavy (non-hydrogen) atoms. The largest absolute Gasteiger partial charge is 0.389 e. The number of nitrogens with zero attached hydrogens (tertiary/aromatic N) is 2. The monoisotopic (exact) mass is 139 g/mol. The molecule has 0 bridgehead atoms. The Morgan fingerprint density at radius 2 is 2.56 bits per heavy atom. The second-order valence-corrected chi connectivity index (χ2v) is 2.79. The Labute approximate surface area is 55.7 Å². The van der Waals surface area contributed by atoms with Crippen LogP contribution in [0.25, 0.3) is 4.96 Å². The number of rotatable bonds is 0. The van der Waals surface area contributed by atoms with Crippen molar-refractivity contribution in [3.63, 3.8) is 0 Å². The number of anilines is 1. The maximum Gasteiger partial charge on any atom is 0.195 e. The van der Waals surface area contributed by atoms with E-state index in [-0.39, 0.29) is 0 Å². The minimum Gasteiger partial charge on any atom is -0.389 e. The molecule has 4 heteroatoms. The summed E-state index contributed by atoms with van der Waals surface area (Å²) in [5.41, 5.74) is 5.49. The predicted octanol–water partition coefficient (Wildman–Crippen LogP) is 0.978. The summed E-state index contributed by atoms with van der Waals surface area (Å²) in [6.07, 6.45) is 5.49. The second kappa shape index (κ2) is 1.48. The van der Waals surface area contributed by atoms with Crippen LogP contribution in [0, 0.1) is 0 Å². The van der Waals surface area contributed by atoms with E-state index >= 15 is 0 Å². The molecule has 2 heterocycles. The van der Waals surface area contributed by atoms with Gasteiger partial charge in [0, 0.05) is 18.6 Å². The first kappa shape index (κ1) is 4.81. The lowest BCUT2D eigenvalue weighted by Crippen LogP contribution is -1.75. The topological polar surface area (TPSA) is 43.3 Å². The summed E-state index contributed by atoms with van der Waals surface area (Å²) in [7, 11) is 0. The molecule has 0 saturated heterocycles. The lowest BCUT2D eigenvalue weighted by Gasteiger charge is -1.73. The Bertz CT molecular complexity index is 293. The molecule has 2 rings (SSSR count). The average molecular weight is 139 g/mol. The molecule has 0 atom stereocenters. The minimum absolute atomic E-state index is 0.804. The zero-order valence-corrected chi connectivity index (χ0v) is 5.43. The molecule has 0 saturated carbocycles. The van der Waals surface area contributed by atoms with Gasteiger partial charge >= 0.3 is 0 Å². The maximum atomic E-state index is 5.49. The normalized spacial score (nSPS) is 10.7. The van der Waals surface area contributed by atoms with E-state index in [4.69, 9.17) is 5.73 Å². The van der Waals surface area contributed by atoms with Crippen LogP contribution < -0.4 is 5.73 Å². The van der Waals surface area contributed by atoms with Gasteiger partial charge in [-0.1, -0.05) is 11.3 Å². The lowest BCUT2D eigenvalue weighted by molar-refractivity contribution is 1.23. The van der Waals surface area contributed by atoms with Gasteiger partial charge in [-0.2, -0.15) is 0 Å². The standard InChI is InChI=1S/C5H5N3S/c6-4-3-8-2-1-7-5(8)9-4/h1-3H,6H2. The van der Waals surface area contributed by atoms with Gasteiger partial charge in [-0.25, -0.2) is 4.98 Å². The van der Waals surface area contributed by atoms with E-state index in [1.54, 1.807) is 6.20 Å². The van der Waals surface area contributed by atoms with Crippen molar-refractivity contribution in [2.45, 2.75) is 0 Å². The molecule has 46 valence electrons. The van der Waals surface area contributed by atoms with Gasteiger partial charge in [0.15, 0.2) is 4.96 Å². The van der Waals surface area contributed by atoms with E-state index in [0.29, 0.717) is 0 Å². The van der Waals surface area contributed by atoms with Crippen molar-refractivity contribution in [1.29, 1.82) is 0 Å². The molecule has 0 radical (unpaired) electrons. The van der Waals surface area contributed by atoms with Crippen molar-refractivity contribution >= 4 is 21.3 Å². The van der Waals surface area contributed by atoms with Crippen LogP contribution in [0.3, 0.4) is 0 Å². The Morgan fingerprint density at radius 1 is 1.67 bits per heavy atom. The Morgan fingerprint density at radius 3 is 3.33 bits per heavy atom. The first-order valence-corrected chi connectivity index (χ1v) is 3.36. The number of hydrogen-bond donors (Lipinski definition) is 1. The Hall–Kier alpha value is -1.03. The van der Waals surface area contributed by atoms with E-state index in [1.165, 1.54) is 11.3 Å². The quantitative estimate of drug-likeness (QED) is 0.591. The zero-order chi connectivity index (χ0) is 6.27. The van der Waals surface area contributed by atoms with Crippen LogP contribution in [0.5, 0.6) is 0 Å². The highest BCUT2D eigenvalue weighted by molar-refractivity contribution is 7.20. The molecule has 2 aromatic rings. The summed E-state index contributed by atoms with van der Waals surface area (Å²) in [5.74, 6) is 0. The zero-order valence-electron chi connectivity index (χ0n) is 4.61. The molecule has 3 nitrogen and oxygen atoms in total. The number of nitrogens with two attached hydrogens (primary N) is 1. The molecular formula is C5H5N3S. The number of fused-ring (bicyclic) bond motifs is 1. The molecule has 2 N–H and O–H groups in total. The van der Waals surface area contributed by atoms with Gasteiger partial charge in [0.25, 0.3) is 0 Å². The van der Waals surface area contributed by atoms with Crippen LogP contribution in [-0.2, 0) is 0 Å². The van der Waals surface area contributed by atoms with Gasteiger partial charge in [-0.3, -0.25) is 4.40 Å². The molecule has 0 amide bonds. The second-order valence-electron chi connectivity index (χ2n) is 1.75. The van der Waals surface area contributed by atoms with Crippen LogP contribution in [-0.4, -0.2) is 9.38 Å². The molecular weight excluding hydrogens is 134 g/mol. The highest BCUT2D eigenvalue weighted by atomic mass is 32.1. The predicted molar refractivity (Wildman–Crippen MR) is 37.5 cm³/mol. The third-order valence-corrected chi connectivity index (χ3v) is 1.95. The van der Waals surface area contributed by atoms with Crippen LogP contribution >= 0.6 is 11.3 Å². The van der Waals surface area contributed by atoms with Gasteiger partial charge in [0.1, 0.15) is 5.00 Å². The number of aromatic nitrogens is 2. The summed E-state index contributed by atoms with van der Waals surface area (Å²) in [6, 6.07) is 0. The summed E-state index contributed by atoms with van der Waals surface area (Å²) < 4.78 is 1.90. The molecule has 2 aromatic heterocycles. The van der Waals surface area contributed by atoms with Gasteiger partial charge in [0.2, 0.25) is 0 Å². The molecule has 0 aliphatic heterocycles. The smallest absolute Gasteiger partial charge is 0.195 e. The van der Waals surface area contributed by atoms with Gasteiger partial charge in [-0.05, 0) is 0 Å². The van der Waals surface area contributed by atoms with Crippen molar-refractivity contribution in [3.05, 3.63) is 18.6 Å². The fraction of sp³-hybridized carbons (Fsp3) is 0. The molecule has 0 fully saturated rings. The highest BCUT2D eigenvalue weighted by Crippen LogP contribution is 2.16. The van der Waals surface area contributed by atoms with Gasteiger partial charge in [0.05, 0.1) is 0 Å². The summed E-state index contributed by atoms with van der Waals surface area (Å²) >= 11 is 1.49. The van der Waals surface area contributed by atoms with Gasteiger partial charge < -0.3 is 5.73 Å². The van der Waals surface area contributed by atoms with Crippen molar-refractivity contribution < 1.29 is 0 Å². The summed E-state index contributed by atoms with van der Waals surface area (Å²) in [6.45, 7) is 0. The van der Waals surface area contributed by atoms with E-state index in [9.17, 15) is 0 Å². The minimum atomic E-state index is 0.804. The molecule has 0 unspecified atom stereocenters. The van der Waals surface area contributed by atoms with Crippen molar-refractivity contribution in [1.82, 2.24) is 9.38 Å². The summed E-state index contributed by atoms with van der Waals surface area (Å²) in [4.78, 5) is 4.99. The number of imidazole rings is 1. The van der Waals surface area contributed by atoms with E-state index < -0.39 is 0 Å². The first-order chi connectivity index (χ1) is 4.36. The van der Waals surface area contributed by atoms with Crippen molar-refractivity contribution in [3.8, 4) is 0 Å². The van der Waals surface area contributed by atoms with E-state index in [2.05, 4.69) is 4.98 Å². The van der Waals surface area contributed by atoms with Crippen LogP contribution in [0.4, 0.5) is 5.00 Å². The highest BCUT2D eigenvalue weighted by Gasteiger charge is 1.95. The van der Waals surface area contributed by atoms with E-state index in [1.807, 2.05) is 16.8 Å². The van der Waals surface area contributed by atoms with Crippen LogP contribution in [0.15, 0.2) is 18.6 Å². The molecule has 0 aromatic carbocycles. The van der Waals surface area contributed by atoms with E-state index in [0.717, 1.165) is 9.96 Å². The SMILES string of the molecule is Nc1cn2ccnc2s1. The summed E-state index contributed by atoms with van der Waals surface area (Å²) in [5, 5.41) is 0.804. The fourth-order valence-corrected chi connectivity index (χ4v) is 1.46. The Kier molecular flexibility index (Phi) is 0.790. The number of hydrogen-bond acceptors (Lipinski definition) is 3. The maximum absolute atomic E-state index is 5.49. The lowest BCUT2D eigenvalue weighted by atomic mass is 10.8. The number of thiazole rings is 1. The van der Waals surface area contributed by atoms with Gasteiger partial charge in [-0.15, -0.1) is 0 Å². The number of nitrogen functional groups attached to an aromatic ring is 1. The third-order valence-electron chi connectivity index (χ3n) is 1.11. The molecule has 0 spiro atoms.